The van der Waals surface area contributed by atoms with Crippen LogP contribution in [-0.2, 0) is 17.6 Å². The van der Waals surface area contributed by atoms with Gasteiger partial charge in [0.15, 0.2) is 0 Å². The minimum Gasteiger partial charge on any atom is -0.356 e. The highest BCUT2D eigenvalue weighted by Crippen LogP contribution is 2.22. The lowest BCUT2D eigenvalue weighted by Crippen LogP contribution is -2.25. The molecule has 0 saturated heterocycles. The zero-order valence-electron chi connectivity index (χ0n) is 13.3. The molecule has 0 atom stereocenters. The van der Waals surface area contributed by atoms with Gasteiger partial charge in [0.2, 0.25) is 5.91 Å². The van der Waals surface area contributed by atoms with Gasteiger partial charge in [0.1, 0.15) is 5.82 Å². The van der Waals surface area contributed by atoms with Crippen LogP contribution >= 0.6 is 11.3 Å². The molecule has 5 heteroatoms. The molecule has 1 heterocycles. The van der Waals surface area contributed by atoms with Crippen LogP contribution in [0.5, 0.6) is 0 Å². The third kappa shape index (κ3) is 4.61. The van der Waals surface area contributed by atoms with Crippen molar-refractivity contribution in [3.8, 4) is 0 Å². The average molecular weight is 342 g/mol. The number of amides is 1. The number of nitrogens with zero attached hydrogens (tertiary/aromatic N) is 1. The number of carbonyl (C=O) groups is 1. The monoisotopic (exact) mass is 342 g/mol. The molecule has 0 radical (unpaired) electrons. The largest absolute Gasteiger partial charge is 0.356 e. The number of benzene rings is 2. The van der Waals surface area contributed by atoms with Gasteiger partial charge in [0.05, 0.1) is 15.2 Å². The molecule has 0 fully saturated rings. The average Bonchev–Trinajstić information content (AvgIpc) is 2.97. The molecule has 24 heavy (non-hydrogen) atoms. The van der Waals surface area contributed by atoms with Crippen molar-refractivity contribution >= 4 is 27.5 Å². The molecule has 0 unspecified atom stereocenters. The Kier molecular flexibility index (Phi) is 5.54. The number of carbonyl (C=O) groups excluding carboxylic acids is 1. The summed E-state index contributed by atoms with van der Waals surface area (Å²) in [6.45, 7) is 0.531. The van der Waals surface area contributed by atoms with E-state index < -0.39 is 0 Å². The smallest absolute Gasteiger partial charge is 0.220 e. The maximum atomic E-state index is 13.1. The topological polar surface area (TPSA) is 42.0 Å². The molecule has 0 aliphatic carbocycles. The van der Waals surface area contributed by atoms with Crippen molar-refractivity contribution in [3.63, 3.8) is 0 Å². The van der Waals surface area contributed by atoms with Crippen LogP contribution in [0.3, 0.4) is 0 Å². The molecule has 0 aliphatic rings. The Hall–Kier alpha value is -2.27. The molecule has 1 amide bonds. The van der Waals surface area contributed by atoms with E-state index in [-0.39, 0.29) is 11.7 Å². The quantitative estimate of drug-likeness (QED) is 0.702. The van der Waals surface area contributed by atoms with Gasteiger partial charge < -0.3 is 5.32 Å². The molecule has 2 aromatic carbocycles. The minimum atomic E-state index is -0.241. The van der Waals surface area contributed by atoms with Crippen molar-refractivity contribution in [1.82, 2.24) is 10.3 Å². The first-order valence-electron chi connectivity index (χ1n) is 8.06. The second kappa shape index (κ2) is 8.02. The Morgan fingerprint density at radius 2 is 2.00 bits per heavy atom. The maximum absolute atomic E-state index is 13.1. The van der Waals surface area contributed by atoms with Crippen LogP contribution in [0.25, 0.3) is 10.2 Å². The van der Waals surface area contributed by atoms with Crippen molar-refractivity contribution in [3.05, 3.63) is 64.9 Å². The Morgan fingerprint density at radius 1 is 1.12 bits per heavy atom. The van der Waals surface area contributed by atoms with Gasteiger partial charge in [-0.25, -0.2) is 9.37 Å². The standard InChI is InChI=1S/C19H19FN2OS/c20-15-6-3-5-14(13-15)11-12-21-18(23)9-4-10-19-22-16-7-1-2-8-17(16)24-19/h1-3,5-8,13H,4,9-12H2,(H,21,23). The molecule has 1 aromatic heterocycles. The predicted octanol–water partition coefficient (Wildman–Crippen LogP) is 4.12. The van der Waals surface area contributed by atoms with E-state index in [1.165, 1.54) is 16.8 Å². The van der Waals surface area contributed by atoms with Gasteiger partial charge in [-0.3, -0.25) is 4.79 Å². The summed E-state index contributed by atoms with van der Waals surface area (Å²) in [4.78, 5) is 16.4. The predicted molar refractivity (Wildman–Crippen MR) is 95.7 cm³/mol. The van der Waals surface area contributed by atoms with Gasteiger partial charge in [-0.2, -0.15) is 0 Å². The maximum Gasteiger partial charge on any atom is 0.220 e. The third-order valence-electron chi connectivity index (χ3n) is 3.76. The molecule has 3 nitrogen and oxygen atoms in total. The lowest BCUT2D eigenvalue weighted by molar-refractivity contribution is -0.121. The number of rotatable bonds is 7. The van der Waals surface area contributed by atoms with Crippen molar-refractivity contribution in [2.75, 3.05) is 6.54 Å². The Bertz CT molecular complexity index is 798. The summed E-state index contributed by atoms with van der Waals surface area (Å²) in [6, 6.07) is 14.5. The number of fused-ring (bicyclic) bond motifs is 1. The van der Waals surface area contributed by atoms with Gasteiger partial charge in [-0.1, -0.05) is 24.3 Å². The minimum absolute atomic E-state index is 0.0347. The second-order valence-electron chi connectivity index (χ2n) is 5.66. The number of para-hydroxylation sites is 1. The fourth-order valence-electron chi connectivity index (χ4n) is 2.55. The van der Waals surface area contributed by atoms with E-state index in [1.807, 2.05) is 24.3 Å². The molecule has 0 aliphatic heterocycles. The summed E-state index contributed by atoms with van der Waals surface area (Å²) in [6.07, 6.45) is 2.72. The zero-order chi connectivity index (χ0) is 16.8. The summed E-state index contributed by atoms with van der Waals surface area (Å²) in [5, 5.41) is 3.96. The molecule has 3 rings (SSSR count). The van der Waals surface area contributed by atoms with Gasteiger partial charge in [0.25, 0.3) is 0 Å². The van der Waals surface area contributed by atoms with E-state index in [0.717, 1.165) is 28.9 Å². The van der Waals surface area contributed by atoms with E-state index in [4.69, 9.17) is 0 Å². The van der Waals surface area contributed by atoms with Crippen molar-refractivity contribution in [1.29, 1.82) is 0 Å². The molecular formula is C19H19FN2OS. The van der Waals surface area contributed by atoms with E-state index in [9.17, 15) is 9.18 Å². The summed E-state index contributed by atoms with van der Waals surface area (Å²) in [5.74, 6) is -0.206. The molecule has 3 aromatic rings. The fourth-order valence-corrected chi connectivity index (χ4v) is 3.56. The Morgan fingerprint density at radius 3 is 2.83 bits per heavy atom. The highest BCUT2D eigenvalue weighted by atomic mass is 32.1. The summed E-state index contributed by atoms with van der Waals surface area (Å²) < 4.78 is 14.3. The normalized spacial score (nSPS) is 10.9. The van der Waals surface area contributed by atoms with E-state index >= 15 is 0 Å². The van der Waals surface area contributed by atoms with Crippen molar-refractivity contribution in [2.45, 2.75) is 25.7 Å². The summed E-state index contributed by atoms with van der Waals surface area (Å²) in [7, 11) is 0. The van der Waals surface area contributed by atoms with Crippen LogP contribution in [0.4, 0.5) is 4.39 Å². The van der Waals surface area contributed by atoms with Crippen LogP contribution < -0.4 is 5.32 Å². The summed E-state index contributed by atoms with van der Waals surface area (Å²) >= 11 is 1.69. The number of nitrogens with one attached hydrogen (secondary N) is 1. The fraction of sp³-hybridized carbons (Fsp3) is 0.263. The Balaban J connectivity index is 1.38. The van der Waals surface area contributed by atoms with Gasteiger partial charge in [-0.15, -0.1) is 11.3 Å². The molecule has 0 spiro atoms. The second-order valence-corrected chi connectivity index (χ2v) is 6.77. The lowest BCUT2D eigenvalue weighted by atomic mass is 10.1. The first-order chi connectivity index (χ1) is 11.7. The number of halogens is 1. The van der Waals surface area contributed by atoms with Gasteiger partial charge in [-0.05, 0) is 49.1 Å². The van der Waals surface area contributed by atoms with Crippen molar-refractivity contribution in [2.24, 2.45) is 0 Å². The van der Waals surface area contributed by atoms with Crippen LogP contribution in [0.15, 0.2) is 48.5 Å². The number of hydrogen-bond donors (Lipinski definition) is 1. The van der Waals surface area contributed by atoms with E-state index in [0.29, 0.717) is 19.4 Å². The highest BCUT2D eigenvalue weighted by Gasteiger charge is 2.05. The molecule has 0 saturated carbocycles. The SMILES string of the molecule is O=C(CCCc1nc2ccccc2s1)NCCc1cccc(F)c1. The molecule has 0 bridgehead atoms. The first kappa shape index (κ1) is 16.6. The molecular weight excluding hydrogens is 323 g/mol. The molecule has 1 N–H and O–H groups in total. The van der Waals surface area contributed by atoms with Gasteiger partial charge >= 0.3 is 0 Å². The third-order valence-corrected chi connectivity index (χ3v) is 4.85. The van der Waals surface area contributed by atoms with E-state index in [2.05, 4.69) is 16.4 Å². The molecule has 124 valence electrons. The number of thiazole rings is 1. The lowest BCUT2D eigenvalue weighted by Gasteiger charge is -2.05. The van der Waals surface area contributed by atoms with Crippen LogP contribution in [0.1, 0.15) is 23.4 Å². The van der Waals surface area contributed by atoms with Crippen molar-refractivity contribution < 1.29 is 9.18 Å². The first-order valence-corrected chi connectivity index (χ1v) is 8.88. The van der Waals surface area contributed by atoms with Crippen LogP contribution in [-0.4, -0.2) is 17.4 Å². The highest BCUT2D eigenvalue weighted by molar-refractivity contribution is 7.18. The summed E-state index contributed by atoms with van der Waals surface area (Å²) in [5.41, 5.74) is 1.92. The number of hydrogen-bond acceptors (Lipinski definition) is 3. The number of aromatic nitrogens is 1. The van der Waals surface area contributed by atoms with Crippen LogP contribution in [0, 0.1) is 5.82 Å². The number of aryl methyl sites for hydroxylation is 1. The zero-order valence-corrected chi connectivity index (χ0v) is 14.1. The van der Waals surface area contributed by atoms with Gasteiger partial charge in [0, 0.05) is 13.0 Å². The van der Waals surface area contributed by atoms with Crippen LogP contribution in [0.2, 0.25) is 0 Å². The Labute approximate surface area is 144 Å². The van der Waals surface area contributed by atoms with E-state index in [1.54, 1.807) is 17.4 Å².